The Hall–Kier alpha value is -3.50. The number of nitro groups is 1. The Kier molecular flexibility index (Phi) is 5.34. The third-order valence-electron chi connectivity index (χ3n) is 4.34. The lowest BCUT2D eigenvalue weighted by molar-refractivity contribution is -0.385. The first-order chi connectivity index (χ1) is 14.5. The van der Waals surface area contributed by atoms with Gasteiger partial charge in [0.2, 0.25) is 0 Å². The maximum atomic E-state index is 12.1. The number of nitro benzene ring substituents is 1. The van der Waals surface area contributed by atoms with E-state index in [0.717, 1.165) is 17.4 Å². The molecule has 150 valence electrons. The highest BCUT2D eigenvalue weighted by atomic mass is 32.2. The van der Waals surface area contributed by atoms with Crippen LogP contribution in [0.5, 0.6) is 5.75 Å². The number of benzene rings is 2. The van der Waals surface area contributed by atoms with E-state index >= 15 is 0 Å². The van der Waals surface area contributed by atoms with Gasteiger partial charge in [-0.2, -0.15) is 5.10 Å². The lowest BCUT2D eigenvalue weighted by Gasteiger charge is -2.04. The molecule has 1 saturated heterocycles. The van der Waals surface area contributed by atoms with Crippen LogP contribution in [0.4, 0.5) is 5.69 Å². The minimum Gasteiger partial charge on any atom is -0.490 e. The molecule has 0 unspecified atom stereocenters. The summed E-state index contributed by atoms with van der Waals surface area (Å²) in [6, 6.07) is 14.1. The molecule has 30 heavy (non-hydrogen) atoms. The number of carbonyl (C=O) groups excluding carboxylic acids is 1. The molecule has 1 fully saturated rings. The molecule has 2 heterocycles. The van der Waals surface area contributed by atoms with E-state index in [9.17, 15) is 14.9 Å². The van der Waals surface area contributed by atoms with Crippen molar-refractivity contribution in [3.8, 4) is 22.7 Å². The number of rotatable bonds is 5. The molecule has 0 saturated carbocycles. The molecular formula is C20H14N4O4S2. The van der Waals surface area contributed by atoms with Crippen molar-refractivity contribution >= 4 is 46.0 Å². The number of hydrogen-bond acceptors (Lipinski definition) is 7. The maximum Gasteiger partial charge on any atom is 0.311 e. The SMILES string of the molecule is COc1ccc(-c2nn(-c3ccccc3)cc2/C=C2\SC(=S)NC2=O)cc1[N+](=O)[O-]. The van der Waals surface area contributed by atoms with Crippen molar-refractivity contribution in [3.05, 3.63) is 75.3 Å². The van der Waals surface area contributed by atoms with Gasteiger partial charge >= 0.3 is 5.69 Å². The lowest BCUT2D eigenvalue weighted by atomic mass is 10.1. The molecule has 0 radical (unpaired) electrons. The molecule has 1 amide bonds. The van der Waals surface area contributed by atoms with Gasteiger partial charge in [-0.25, -0.2) is 4.68 Å². The Bertz CT molecular complexity index is 1200. The van der Waals surface area contributed by atoms with Crippen LogP contribution >= 0.6 is 24.0 Å². The zero-order valence-electron chi connectivity index (χ0n) is 15.6. The summed E-state index contributed by atoms with van der Waals surface area (Å²) in [5.41, 5.74) is 2.28. The van der Waals surface area contributed by atoms with Crippen LogP contribution in [0, 0.1) is 10.1 Å². The fourth-order valence-electron chi connectivity index (χ4n) is 2.97. The zero-order valence-corrected chi connectivity index (χ0v) is 17.2. The summed E-state index contributed by atoms with van der Waals surface area (Å²) in [7, 11) is 1.38. The Labute approximate surface area is 180 Å². The molecule has 3 aromatic rings. The fraction of sp³-hybridized carbons (Fsp3) is 0.0500. The number of hydrogen-bond donors (Lipinski definition) is 1. The summed E-state index contributed by atoms with van der Waals surface area (Å²) >= 11 is 6.21. The number of methoxy groups -OCH3 is 1. The fourth-order valence-corrected chi connectivity index (χ4v) is 4.01. The van der Waals surface area contributed by atoms with Crippen molar-refractivity contribution in [3.63, 3.8) is 0 Å². The van der Waals surface area contributed by atoms with Crippen LogP contribution in [0.2, 0.25) is 0 Å². The third kappa shape index (κ3) is 3.82. The Morgan fingerprint density at radius 2 is 2.03 bits per heavy atom. The van der Waals surface area contributed by atoms with Crippen LogP contribution in [0.25, 0.3) is 23.0 Å². The minimum absolute atomic E-state index is 0.155. The molecule has 1 aliphatic heterocycles. The second-order valence-corrected chi connectivity index (χ2v) is 7.93. The first-order valence-electron chi connectivity index (χ1n) is 8.69. The summed E-state index contributed by atoms with van der Waals surface area (Å²) in [4.78, 5) is 23.5. The standard InChI is InChI=1S/C20H14N4O4S2/c1-28-16-8-7-12(9-15(16)24(26)27)18-13(10-17-19(25)21-20(29)30-17)11-23(22-18)14-5-3-2-4-6-14/h2-11H,1H3,(H,21,25,29)/b17-10-. The van der Waals surface area contributed by atoms with Crippen molar-refractivity contribution in [2.24, 2.45) is 0 Å². The van der Waals surface area contributed by atoms with Crippen LogP contribution < -0.4 is 10.1 Å². The molecule has 2 aromatic carbocycles. The Morgan fingerprint density at radius 1 is 1.27 bits per heavy atom. The van der Waals surface area contributed by atoms with E-state index in [1.165, 1.54) is 19.2 Å². The number of para-hydroxylation sites is 1. The van der Waals surface area contributed by atoms with Gasteiger partial charge in [0.05, 0.1) is 22.6 Å². The Balaban J connectivity index is 1.88. The van der Waals surface area contributed by atoms with Gasteiger partial charge in [0.1, 0.15) is 10.0 Å². The van der Waals surface area contributed by atoms with Gasteiger partial charge in [-0.1, -0.05) is 42.2 Å². The van der Waals surface area contributed by atoms with E-state index in [1.54, 1.807) is 23.0 Å². The molecule has 1 aliphatic rings. The van der Waals surface area contributed by atoms with Gasteiger partial charge < -0.3 is 10.1 Å². The van der Waals surface area contributed by atoms with Gasteiger partial charge in [0, 0.05) is 23.4 Å². The number of nitrogens with zero attached hydrogens (tertiary/aromatic N) is 3. The molecule has 10 heteroatoms. The third-order valence-corrected chi connectivity index (χ3v) is 5.50. The number of carbonyl (C=O) groups is 1. The first kappa shape index (κ1) is 19.8. The largest absolute Gasteiger partial charge is 0.490 e. The van der Waals surface area contributed by atoms with E-state index in [0.29, 0.717) is 26.0 Å². The summed E-state index contributed by atoms with van der Waals surface area (Å²) in [5, 5.41) is 18.7. The molecule has 4 rings (SSSR count). The van der Waals surface area contributed by atoms with Gasteiger partial charge in [-0.05, 0) is 30.3 Å². The highest BCUT2D eigenvalue weighted by molar-refractivity contribution is 8.26. The first-order valence-corrected chi connectivity index (χ1v) is 9.91. The van der Waals surface area contributed by atoms with Gasteiger partial charge in [0.15, 0.2) is 5.75 Å². The van der Waals surface area contributed by atoms with Crippen molar-refractivity contribution in [1.82, 2.24) is 15.1 Å². The van der Waals surface area contributed by atoms with Gasteiger partial charge in [0.25, 0.3) is 5.91 Å². The molecule has 1 aromatic heterocycles. The quantitative estimate of drug-likeness (QED) is 0.279. The van der Waals surface area contributed by atoms with Gasteiger partial charge in [-0.15, -0.1) is 0 Å². The van der Waals surface area contributed by atoms with E-state index in [-0.39, 0.29) is 17.3 Å². The van der Waals surface area contributed by atoms with Crippen LogP contribution in [0.15, 0.2) is 59.6 Å². The highest BCUT2D eigenvalue weighted by Crippen LogP contribution is 2.35. The predicted octanol–water partition coefficient (Wildman–Crippen LogP) is 3.94. The average molecular weight is 438 g/mol. The maximum absolute atomic E-state index is 12.1. The number of amides is 1. The highest BCUT2D eigenvalue weighted by Gasteiger charge is 2.24. The van der Waals surface area contributed by atoms with E-state index in [4.69, 9.17) is 17.0 Å². The van der Waals surface area contributed by atoms with Crippen LogP contribution in [0.3, 0.4) is 0 Å². The number of aromatic nitrogens is 2. The molecule has 0 aliphatic carbocycles. The average Bonchev–Trinajstić information content (AvgIpc) is 3.31. The normalized spacial score (nSPS) is 14.8. The smallest absolute Gasteiger partial charge is 0.311 e. The second kappa shape index (κ2) is 8.09. The molecule has 0 spiro atoms. The second-order valence-electron chi connectivity index (χ2n) is 6.21. The summed E-state index contributed by atoms with van der Waals surface area (Å²) < 4.78 is 7.12. The summed E-state index contributed by atoms with van der Waals surface area (Å²) in [6.07, 6.45) is 3.44. The molecule has 1 N–H and O–H groups in total. The lowest BCUT2D eigenvalue weighted by Crippen LogP contribution is -2.17. The minimum atomic E-state index is -0.507. The van der Waals surface area contributed by atoms with E-state index < -0.39 is 4.92 Å². The number of thioether (sulfide) groups is 1. The molecule has 8 nitrogen and oxygen atoms in total. The van der Waals surface area contributed by atoms with Crippen molar-refractivity contribution < 1.29 is 14.5 Å². The molecule has 0 atom stereocenters. The monoisotopic (exact) mass is 438 g/mol. The van der Waals surface area contributed by atoms with Crippen LogP contribution in [-0.2, 0) is 4.79 Å². The topological polar surface area (TPSA) is 99.3 Å². The van der Waals surface area contributed by atoms with E-state index in [1.807, 2.05) is 30.3 Å². The predicted molar refractivity (Wildman–Crippen MR) is 119 cm³/mol. The van der Waals surface area contributed by atoms with Gasteiger partial charge in [-0.3, -0.25) is 14.9 Å². The van der Waals surface area contributed by atoms with Crippen molar-refractivity contribution in [2.75, 3.05) is 7.11 Å². The summed E-state index contributed by atoms with van der Waals surface area (Å²) in [6.45, 7) is 0. The zero-order chi connectivity index (χ0) is 21.3. The Morgan fingerprint density at radius 3 is 2.67 bits per heavy atom. The molecule has 0 bridgehead atoms. The number of ether oxygens (including phenoxy) is 1. The van der Waals surface area contributed by atoms with Crippen molar-refractivity contribution in [2.45, 2.75) is 0 Å². The van der Waals surface area contributed by atoms with Crippen LogP contribution in [0.1, 0.15) is 5.56 Å². The van der Waals surface area contributed by atoms with Crippen molar-refractivity contribution in [1.29, 1.82) is 0 Å². The summed E-state index contributed by atoms with van der Waals surface area (Å²) in [5.74, 6) is -0.133. The number of thiocarbonyl (C=S) groups is 1. The van der Waals surface area contributed by atoms with Crippen LogP contribution in [-0.4, -0.2) is 32.0 Å². The number of nitrogens with one attached hydrogen (secondary N) is 1. The van der Waals surface area contributed by atoms with E-state index in [2.05, 4.69) is 10.4 Å². The molecular weight excluding hydrogens is 424 g/mol.